The summed E-state index contributed by atoms with van der Waals surface area (Å²) in [6.07, 6.45) is 1.04. The quantitative estimate of drug-likeness (QED) is 0.793. The Labute approximate surface area is 156 Å². The highest BCUT2D eigenvalue weighted by molar-refractivity contribution is 5.88. The minimum absolute atomic E-state index is 0.0195. The van der Waals surface area contributed by atoms with Crippen LogP contribution in [0.1, 0.15) is 30.5 Å². The highest BCUT2D eigenvalue weighted by Crippen LogP contribution is 2.12. The normalized spacial score (nSPS) is 11.7. The maximum atomic E-state index is 13.0. The van der Waals surface area contributed by atoms with Crippen LogP contribution >= 0.6 is 0 Å². The molecule has 0 unspecified atom stereocenters. The van der Waals surface area contributed by atoms with Crippen LogP contribution in [0, 0.1) is 6.92 Å². The van der Waals surface area contributed by atoms with Gasteiger partial charge in [-0.1, -0.05) is 54.6 Å². The van der Waals surface area contributed by atoms with Crippen LogP contribution in [-0.2, 0) is 22.4 Å². The molecule has 0 aliphatic heterocycles. The largest absolute Gasteiger partial charge is 0.355 e. The first kappa shape index (κ1) is 19.7. The van der Waals surface area contributed by atoms with Crippen LogP contribution in [0.4, 0.5) is 0 Å². The third-order valence-corrected chi connectivity index (χ3v) is 4.61. The Hall–Kier alpha value is -2.62. The molecule has 2 amide bonds. The fourth-order valence-electron chi connectivity index (χ4n) is 2.96. The van der Waals surface area contributed by atoms with E-state index in [4.69, 9.17) is 0 Å². The lowest BCUT2D eigenvalue weighted by Gasteiger charge is -2.29. The van der Waals surface area contributed by atoms with Crippen molar-refractivity contribution < 1.29 is 9.59 Å². The van der Waals surface area contributed by atoms with E-state index in [1.165, 1.54) is 0 Å². The Morgan fingerprint density at radius 1 is 1.04 bits per heavy atom. The average Bonchev–Trinajstić information content (AvgIpc) is 2.64. The number of likely N-dealkylation sites (N-methyl/N-ethyl adjacent to an activating group) is 1. The van der Waals surface area contributed by atoms with Gasteiger partial charge in [-0.05, 0) is 43.9 Å². The molecule has 1 N–H and O–H groups in total. The number of aryl methyl sites for hydroxylation is 1. The molecule has 0 heterocycles. The molecule has 2 rings (SSSR count). The van der Waals surface area contributed by atoms with Gasteiger partial charge < -0.3 is 10.2 Å². The van der Waals surface area contributed by atoms with Crippen LogP contribution in [0.3, 0.4) is 0 Å². The van der Waals surface area contributed by atoms with Crippen molar-refractivity contribution in [1.29, 1.82) is 0 Å². The van der Waals surface area contributed by atoms with Crippen molar-refractivity contribution in [1.82, 2.24) is 10.2 Å². The van der Waals surface area contributed by atoms with Crippen molar-refractivity contribution >= 4 is 11.8 Å². The molecule has 26 heavy (non-hydrogen) atoms. The van der Waals surface area contributed by atoms with Crippen LogP contribution in [0.25, 0.3) is 0 Å². The van der Waals surface area contributed by atoms with E-state index in [0.29, 0.717) is 19.5 Å². The number of hydrogen-bond donors (Lipinski definition) is 1. The molecule has 138 valence electrons. The molecule has 0 aliphatic carbocycles. The second-order valence-corrected chi connectivity index (χ2v) is 6.50. The average molecular weight is 352 g/mol. The smallest absolute Gasteiger partial charge is 0.242 e. The summed E-state index contributed by atoms with van der Waals surface area (Å²) >= 11 is 0. The Balaban J connectivity index is 2.14. The van der Waals surface area contributed by atoms with E-state index in [1.54, 1.807) is 11.8 Å². The van der Waals surface area contributed by atoms with Crippen LogP contribution in [0.15, 0.2) is 54.6 Å². The predicted octanol–water partition coefficient (Wildman–Crippen LogP) is 3.13. The number of hydrogen-bond acceptors (Lipinski definition) is 2. The van der Waals surface area contributed by atoms with Crippen LogP contribution in [0.5, 0.6) is 0 Å². The van der Waals surface area contributed by atoms with E-state index in [2.05, 4.69) is 5.32 Å². The van der Waals surface area contributed by atoms with Gasteiger partial charge in [0, 0.05) is 13.1 Å². The number of rotatable bonds is 8. The first-order valence-corrected chi connectivity index (χ1v) is 9.18. The molecule has 0 aliphatic rings. The maximum absolute atomic E-state index is 13.0. The van der Waals surface area contributed by atoms with Crippen LogP contribution in [0.2, 0.25) is 0 Å². The second-order valence-electron chi connectivity index (χ2n) is 6.50. The van der Waals surface area contributed by atoms with Crippen molar-refractivity contribution in [3.05, 3.63) is 71.3 Å². The monoisotopic (exact) mass is 352 g/mol. The van der Waals surface area contributed by atoms with Gasteiger partial charge in [0.25, 0.3) is 0 Å². The molecular formula is C22H28N2O2. The third kappa shape index (κ3) is 5.45. The number of amides is 2. The molecule has 0 bridgehead atoms. The highest BCUT2D eigenvalue weighted by Gasteiger charge is 2.25. The first-order valence-electron chi connectivity index (χ1n) is 9.18. The zero-order valence-electron chi connectivity index (χ0n) is 15.9. The summed E-state index contributed by atoms with van der Waals surface area (Å²) in [7, 11) is 0. The van der Waals surface area contributed by atoms with Gasteiger partial charge in [-0.25, -0.2) is 0 Å². The molecular weight excluding hydrogens is 324 g/mol. The summed E-state index contributed by atoms with van der Waals surface area (Å²) in [5, 5.41) is 2.82. The van der Waals surface area contributed by atoms with E-state index >= 15 is 0 Å². The Kier molecular flexibility index (Phi) is 7.39. The van der Waals surface area contributed by atoms with Crippen molar-refractivity contribution in [2.75, 3.05) is 13.1 Å². The van der Waals surface area contributed by atoms with E-state index in [0.717, 1.165) is 23.1 Å². The fraction of sp³-hybridized carbons (Fsp3) is 0.364. The van der Waals surface area contributed by atoms with E-state index in [1.807, 2.05) is 68.4 Å². The summed E-state index contributed by atoms with van der Waals surface area (Å²) in [4.78, 5) is 27.0. The van der Waals surface area contributed by atoms with Crippen LogP contribution < -0.4 is 5.32 Å². The van der Waals surface area contributed by atoms with Gasteiger partial charge in [-0.15, -0.1) is 0 Å². The fourth-order valence-corrected chi connectivity index (χ4v) is 2.96. The van der Waals surface area contributed by atoms with Crippen molar-refractivity contribution in [2.24, 2.45) is 0 Å². The Morgan fingerprint density at radius 2 is 1.69 bits per heavy atom. The summed E-state index contributed by atoms with van der Waals surface area (Å²) in [6, 6.07) is 17.4. The van der Waals surface area contributed by atoms with E-state index in [9.17, 15) is 9.59 Å². The molecule has 4 nitrogen and oxygen atoms in total. The molecule has 4 heteroatoms. The molecule has 0 saturated heterocycles. The predicted molar refractivity (Wildman–Crippen MR) is 105 cm³/mol. The molecule has 1 atom stereocenters. The highest BCUT2D eigenvalue weighted by atomic mass is 16.2. The van der Waals surface area contributed by atoms with Crippen molar-refractivity contribution in [3.63, 3.8) is 0 Å². The third-order valence-electron chi connectivity index (χ3n) is 4.61. The number of carbonyl (C=O) groups is 2. The Bertz CT molecular complexity index is 728. The zero-order valence-corrected chi connectivity index (χ0v) is 15.9. The summed E-state index contributed by atoms with van der Waals surface area (Å²) < 4.78 is 0. The molecule has 2 aromatic rings. The molecule has 0 spiro atoms. The molecule has 0 saturated carbocycles. The minimum Gasteiger partial charge on any atom is -0.355 e. The maximum Gasteiger partial charge on any atom is 0.242 e. The topological polar surface area (TPSA) is 49.4 Å². The summed E-state index contributed by atoms with van der Waals surface area (Å²) in [5.74, 6) is -0.132. The summed E-state index contributed by atoms with van der Waals surface area (Å²) in [6.45, 7) is 6.76. The number of nitrogens with zero attached hydrogens (tertiary/aromatic N) is 1. The number of benzene rings is 2. The molecule has 0 radical (unpaired) electrons. The lowest BCUT2D eigenvalue weighted by atomic mass is 10.0. The minimum atomic E-state index is -0.491. The number of nitrogens with one attached hydrogen (secondary N) is 1. The molecule has 0 aromatic heterocycles. The zero-order chi connectivity index (χ0) is 18.9. The van der Waals surface area contributed by atoms with Crippen molar-refractivity contribution in [3.8, 4) is 0 Å². The Morgan fingerprint density at radius 3 is 2.35 bits per heavy atom. The molecule has 2 aromatic carbocycles. The van der Waals surface area contributed by atoms with Gasteiger partial charge in [-0.3, -0.25) is 9.59 Å². The standard InChI is InChI=1S/C22H28N2O2/c1-4-23-22(26)18(3)24(15-14-19-11-6-5-7-12-19)21(25)16-20-13-9-8-10-17(20)2/h5-13,18H,4,14-16H2,1-3H3,(H,23,26)/t18-/m1/s1. The second kappa shape index (κ2) is 9.76. The number of carbonyl (C=O) groups excluding carboxylic acids is 2. The van der Waals surface area contributed by atoms with E-state index in [-0.39, 0.29) is 11.8 Å². The van der Waals surface area contributed by atoms with Gasteiger partial charge in [0.2, 0.25) is 11.8 Å². The van der Waals surface area contributed by atoms with Gasteiger partial charge in [0.1, 0.15) is 6.04 Å². The van der Waals surface area contributed by atoms with Gasteiger partial charge in [0.05, 0.1) is 6.42 Å². The molecule has 0 fully saturated rings. The first-order chi connectivity index (χ1) is 12.5. The van der Waals surface area contributed by atoms with Crippen LogP contribution in [-0.4, -0.2) is 35.8 Å². The summed E-state index contributed by atoms with van der Waals surface area (Å²) in [5.41, 5.74) is 3.25. The van der Waals surface area contributed by atoms with Gasteiger partial charge in [0.15, 0.2) is 0 Å². The lowest BCUT2D eigenvalue weighted by molar-refractivity contribution is -0.139. The van der Waals surface area contributed by atoms with Gasteiger partial charge >= 0.3 is 0 Å². The lowest BCUT2D eigenvalue weighted by Crippen LogP contribution is -2.49. The van der Waals surface area contributed by atoms with Gasteiger partial charge in [-0.2, -0.15) is 0 Å². The van der Waals surface area contributed by atoms with Crippen molar-refractivity contribution in [2.45, 2.75) is 39.7 Å². The SMILES string of the molecule is CCNC(=O)[C@@H](C)N(CCc1ccccc1)C(=O)Cc1ccccc1C. The van der Waals surface area contributed by atoms with E-state index < -0.39 is 6.04 Å².